The molecule has 0 saturated heterocycles. The van der Waals surface area contributed by atoms with Crippen molar-refractivity contribution in [1.82, 2.24) is 9.97 Å². The summed E-state index contributed by atoms with van der Waals surface area (Å²) in [5.74, 6) is 0. The van der Waals surface area contributed by atoms with E-state index in [1.165, 1.54) is 6.33 Å². The number of nitrogens with zero attached hydrogens (tertiary/aromatic N) is 3. The Morgan fingerprint density at radius 1 is 1.06 bits per heavy atom. The predicted octanol–water partition coefficient (Wildman–Crippen LogP) is -4.37. The van der Waals surface area contributed by atoms with Gasteiger partial charge < -0.3 is 21.8 Å². The van der Waals surface area contributed by atoms with E-state index in [2.05, 4.69) is 16.0 Å². The van der Waals surface area contributed by atoms with Crippen LogP contribution in [0.1, 0.15) is 0 Å². The zero-order valence-electron chi connectivity index (χ0n) is 9.26. The quantitative estimate of drug-likeness (QED) is 0.349. The summed E-state index contributed by atoms with van der Waals surface area (Å²) < 4.78 is 0. The predicted molar refractivity (Wildman–Crippen MR) is 47.8 cm³/mol. The Morgan fingerprint density at radius 3 is 1.75 bits per heavy atom. The second-order valence-electron chi connectivity index (χ2n) is 1.79. The Balaban J connectivity index is -0.0000000676. The molecule has 0 fully saturated rings. The average molecular weight is 248 g/mol. The topological polar surface area (TPSA) is 50.8 Å². The molecule has 0 radical (unpaired) electrons. The molecule has 1 aromatic heterocycles. The fraction of sp³-hybridized carbons (Fsp3) is 0. The Hall–Kier alpha value is -0.366. The van der Waals surface area contributed by atoms with E-state index in [1.54, 1.807) is 12.4 Å². The standard InChI is InChI=1S/C6H5.C3H3N2.CN.Cu.2Li/c1-2-4-6-5-3-1;1-2-5-3-4-1;1-2;;;/h1-5H;1-3H;;;;/q3*-1;3*+1. The largest absolute Gasteiger partial charge is 1.00 e. The first kappa shape index (κ1) is 24.7. The van der Waals surface area contributed by atoms with Gasteiger partial charge in [0.15, 0.2) is 0 Å². The molecule has 3 nitrogen and oxygen atoms in total. The van der Waals surface area contributed by atoms with Crippen molar-refractivity contribution in [2.75, 3.05) is 0 Å². The molecule has 0 atom stereocenters. The number of rotatable bonds is 0. The Labute approximate surface area is 131 Å². The van der Waals surface area contributed by atoms with Crippen LogP contribution in [0.15, 0.2) is 49.1 Å². The first-order valence-corrected chi connectivity index (χ1v) is 3.50. The van der Waals surface area contributed by atoms with Gasteiger partial charge in [-0.3, -0.25) is 0 Å². The van der Waals surface area contributed by atoms with E-state index in [0.29, 0.717) is 0 Å². The van der Waals surface area contributed by atoms with Gasteiger partial charge in [0, 0.05) is 0 Å². The third-order valence-corrected chi connectivity index (χ3v) is 0.979. The molecular formula is C10H8CuLi2N3. The number of hydrogen-bond donors (Lipinski definition) is 0. The summed E-state index contributed by atoms with van der Waals surface area (Å²) in [7, 11) is 0. The molecule has 0 aliphatic carbocycles. The van der Waals surface area contributed by atoms with Crippen LogP contribution in [0.25, 0.3) is 0 Å². The van der Waals surface area contributed by atoms with Crippen molar-refractivity contribution in [2.24, 2.45) is 0 Å². The van der Waals surface area contributed by atoms with E-state index in [0.717, 1.165) is 0 Å². The van der Waals surface area contributed by atoms with Crippen LogP contribution in [0.4, 0.5) is 0 Å². The van der Waals surface area contributed by atoms with Gasteiger partial charge in [0.05, 0.1) is 0 Å². The molecule has 0 unspecified atom stereocenters. The first-order valence-electron chi connectivity index (χ1n) is 3.50. The maximum Gasteiger partial charge on any atom is 1.00 e. The summed E-state index contributed by atoms with van der Waals surface area (Å²) in [6, 6.07) is 12.5. The van der Waals surface area contributed by atoms with Gasteiger partial charge in [-0.15, -0.1) is 0 Å². The van der Waals surface area contributed by atoms with Crippen molar-refractivity contribution < 1.29 is 54.8 Å². The summed E-state index contributed by atoms with van der Waals surface area (Å²) >= 11 is 0. The maximum atomic E-state index is 6.25. The molecule has 0 saturated carbocycles. The molecule has 2 rings (SSSR count). The first-order chi connectivity index (χ1) is 6.50. The molecule has 2 aromatic rings. The minimum Gasteiger partial charge on any atom is -0.512 e. The SMILES string of the molecule is [C-]#N.[Cu+].[Li+].[Li+].[c-]1ccccc1.c1c[n-]cn1. The number of hydrogen-bond acceptors (Lipinski definition) is 2. The molecule has 76 valence electrons. The summed E-state index contributed by atoms with van der Waals surface area (Å²) in [4.78, 5) is 7.22. The zero-order chi connectivity index (χ0) is 9.78. The van der Waals surface area contributed by atoms with Crippen LogP contribution in [0, 0.1) is 17.9 Å². The van der Waals surface area contributed by atoms with Crippen molar-refractivity contribution in [3.63, 3.8) is 0 Å². The van der Waals surface area contributed by atoms with Gasteiger partial charge in [0.1, 0.15) is 0 Å². The molecule has 0 spiro atoms. The van der Waals surface area contributed by atoms with Gasteiger partial charge in [-0.25, -0.2) is 0 Å². The van der Waals surface area contributed by atoms with E-state index in [4.69, 9.17) is 11.8 Å². The second-order valence-corrected chi connectivity index (χ2v) is 1.79. The van der Waals surface area contributed by atoms with Gasteiger partial charge in [0.2, 0.25) is 0 Å². The van der Waals surface area contributed by atoms with Crippen LogP contribution in [0.3, 0.4) is 0 Å². The maximum absolute atomic E-state index is 6.25. The van der Waals surface area contributed by atoms with Crippen molar-refractivity contribution in [2.45, 2.75) is 0 Å². The fourth-order valence-corrected chi connectivity index (χ4v) is 0.534. The molecule has 6 heteroatoms. The fourth-order valence-electron chi connectivity index (χ4n) is 0.534. The van der Waals surface area contributed by atoms with Crippen LogP contribution < -0.4 is 42.7 Å². The summed E-state index contributed by atoms with van der Waals surface area (Å²) in [6.45, 7) is 4.75. The molecular weight excluding hydrogens is 240 g/mol. The van der Waals surface area contributed by atoms with E-state index in [1.807, 2.05) is 30.3 Å². The van der Waals surface area contributed by atoms with Crippen LogP contribution in [-0.4, -0.2) is 4.98 Å². The molecule has 0 aliphatic rings. The second kappa shape index (κ2) is 24.1. The smallest absolute Gasteiger partial charge is 0.512 e. The van der Waals surface area contributed by atoms with Gasteiger partial charge >= 0.3 is 54.8 Å². The van der Waals surface area contributed by atoms with Crippen LogP contribution in [0.5, 0.6) is 0 Å². The average Bonchev–Trinajstić information content (AvgIpc) is 2.82. The Morgan fingerprint density at radius 2 is 1.62 bits per heavy atom. The van der Waals surface area contributed by atoms with Gasteiger partial charge in [-0.2, -0.15) is 36.4 Å². The normalized spacial score (nSPS) is 5.62. The molecule has 0 amide bonds. The third kappa shape index (κ3) is 19.2. The number of benzene rings is 1. The molecule has 0 bridgehead atoms. The van der Waals surface area contributed by atoms with E-state index >= 15 is 0 Å². The summed E-state index contributed by atoms with van der Waals surface area (Å²) in [5, 5.41) is 6.25. The summed E-state index contributed by atoms with van der Waals surface area (Å²) in [6.07, 6.45) is 4.78. The van der Waals surface area contributed by atoms with E-state index in [9.17, 15) is 0 Å². The third-order valence-electron chi connectivity index (χ3n) is 0.979. The number of imidazole rings is 1. The zero-order valence-corrected chi connectivity index (χ0v) is 10.2. The number of aromatic nitrogens is 2. The van der Waals surface area contributed by atoms with Gasteiger partial charge in [-0.1, -0.05) is 18.7 Å². The summed E-state index contributed by atoms with van der Waals surface area (Å²) in [5.41, 5.74) is 0. The van der Waals surface area contributed by atoms with Gasteiger partial charge in [-0.05, 0) is 0 Å². The van der Waals surface area contributed by atoms with Crippen LogP contribution >= 0.6 is 0 Å². The molecule has 0 N–H and O–H groups in total. The minimum atomic E-state index is 0. The van der Waals surface area contributed by atoms with E-state index < -0.39 is 0 Å². The molecule has 1 aromatic carbocycles. The van der Waals surface area contributed by atoms with Crippen molar-refractivity contribution in [1.29, 1.82) is 5.26 Å². The molecule has 1 heterocycles. The molecule has 16 heavy (non-hydrogen) atoms. The van der Waals surface area contributed by atoms with E-state index in [-0.39, 0.29) is 54.8 Å². The van der Waals surface area contributed by atoms with Crippen molar-refractivity contribution in [3.8, 4) is 0 Å². The van der Waals surface area contributed by atoms with Crippen molar-refractivity contribution in [3.05, 3.63) is 61.7 Å². The van der Waals surface area contributed by atoms with Crippen LogP contribution in [-0.2, 0) is 17.1 Å². The monoisotopic (exact) mass is 247 g/mol. The Kier molecular flexibility index (Phi) is 37.2. The Bertz CT molecular complexity index is 243. The minimum absolute atomic E-state index is 0. The molecule has 0 aliphatic heterocycles. The van der Waals surface area contributed by atoms with Gasteiger partial charge in [0.25, 0.3) is 0 Å². The van der Waals surface area contributed by atoms with Crippen molar-refractivity contribution >= 4 is 0 Å². The van der Waals surface area contributed by atoms with Crippen LogP contribution in [0.2, 0.25) is 0 Å².